The molecule has 9 heteroatoms. The van der Waals surface area contributed by atoms with Crippen molar-refractivity contribution in [2.24, 2.45) is 0 Å². The van der Waals surface area contributed by atoms with Gasteiger partial charge in [-0.3, -0.25) is 0 Å². The third-order valence-electron chi connectivity index (χ3n) is 0. The zero-order chi connectivity index (χ0) is 0. The van der Waals surface area contributed by atoms with E-state index in [9.17, 15) is 0 Å². The van der Waals surface area contributed by atoms with Crippen LogP contribution in [0.5, 0.6) is 0 Å². The Hall–Kier alpha value is 1.00. The van der Waals surface area contributed by atoms with Crippen LogP contribution in [0.2, 0.25) is 0 Å². The van der Waals surface area contributed by atoms with Crippen LogP contribution >= 0.6 is 0 Å². The molecule has 0 aromatic carbocycles. The molecular formula is H16O8Th+4. The molecule has 0 aliphatic carbocycles. The summed E-state index contributed by atoms with van der Waals surface area (Å²) in [6.45, 7) is 0. The van der Waals surface area contributed by atoms with Gasteiger partial charge in [-0.15, -0.1) is 0 Å². The van der Waals surface area contributed by atoms with E-state index in [1.165, 1.54) is 0 Å². The Labute approximate surface area is 83.4 Å². The van der Waals surface area contributed by atoms with Crippen LogP contribution in [-0.4, -0.2) is 43.8 Å². The molecule has 8 nitrogen and oxygen atoms in total. The molecule has 0 aromatic heterocycles. The van der Waals surface area contributed by atoms with Gasteiger partial charge in [-0.1, -0.05) is 0 Å². The van der Waals surface area contributed by atoms with Gasteiger partial charge < -0.3 is 43.8 Å². The van der Waals surface area contributed by atoms with E-state index in [1.807, 2.05) is 0 Å². The Kier molecular flexibility index (Phi) is 51000. The summed E-state index contributed by atoms with van der Waals surface area (Å²) >= 11 is 0. The summed E-state index contributed by atoms with van der Waals surface area (Å²) < 4.78 is 0. The molecule has 0 radical (unpaired) electrons. The molecule has 0 fully saturated rings. The van der Waals surface area contributed by atoms with Crippen LogP contribution in [0.3, 0.4) is 0 Å². The molecule has 0 atom stereocenters. The minimum Gasteiger partial charge on any atom is -0.412 e. The van der Waals surface area contributed by atoms with Crippen molar-refractivity contribution in [3.63, 3.8) is 0 Å². The van der Waals surface area contributed by atoms with Gasteiger partial charge in [0.2, 0.25) is 0 Å². The summed E-state index contributed by atoms with van der Waals surface area (Å²) in [5.74, 6) is 0. The van der Waals surface area contributed by atoms with Gasteiger partial charge in [-0.05, 0) is 0 Å². The van der Waals surface area contributed by atoms with Crippen molar-refractivity contribution in [1.29, 1.82) is 0 Å². The zero-order valence-corrected chi connectivity index (χ0v) is 8.61. The van der Waals surface area contributed by atoms with Crippen LogP contribution < -0.4 is 0 Å². The summed E-state index contributed by atoms with van der Waals surface area (Å²) in [5.41, 5.74) is 0. The summed E-state index contributed by atoms with van der Waals surface area (Å²) in [4.78, 5) is 0. The van der Waals surface area contributed by atoms with Crippen molar-refractivity contribution in [2.45, 2.75) is 0 Å². The van der Waals surface area contributed by atoms with Crippen LogP contribution in [0.1, 0.15) is 0 Å². The smallest absolute Gasteiger partial charge is 0.412 e. The van der Waals surface area contributed by atoms with Crippen molar-refractivity contribution in [3.05, 3.63) is 0 Å². The van der Waals surface area contributed by atoms with Crippen LogP contribution in [0.4, 0.5) is 0 Å². The predicted molar refractivity (Wildman–Crippen MR) is 28.9 cm³/mol. The molecule has 9 heavy (non-hydrogen) atoms. The summed E-state index contributed by atoms with van der Waals surface area (Å²) in [6.07, 6.45) is 0. The molecule has 0 amide bonds. The van der Waals surface area contributed by atoms with E-state index in [1.54, 1.807) is 0 Å². The summed E-state index contributed by atoms with van der Waals surface area (Å²) in [7, 11) is 0. The standard InChI is InChI=1S/8H2O.Th/h8*1H2;/q;;;;;;;;+4. The van der Waals surface area contributed by atoms with Gasteiger partial charge in [-0.25, -0.2) is 0 Å². The first kappa shape index (κ1) is 804. The minimum absolute atomic E-state index is 0. The van der Waals surface area contributed by atoms with E-state index in [0.717, 1.165) is 0 Å². The molecule has 0 saturated carbocycles. The Morgan fingerprint density at radius 2 is 0.222 bits per heavy atom. The van der Waals surface area contributed by atoms with Crippen molar-refractivity contribution in [3.8, 4) is 0 Å². The summed E-state index contributed by atoms with van der Waals surface area (Å²) in [6, 6.07) is 0. The fraction of sp³-hybridized carbons (Fsp3) is 0. The Morgan fingerprint density at radius 3 is 0.222 bits per heavy atom. The number of hydrogen-bond acceptors (Lipinski definition) is 0. The van der Waals surface area contributed by atoms with Crippen LogP contribution in [0.25, 0.3) is 0 Å². The van der Waals surface area contributed by atoms with E-state index in [2.05, 4.69) is 0 Å². The SMILES string of the molecule is O.O.O.O.O.O.O.O.[Th+4]. The molecule has 0 rings (SSSR count). The van der Waals surface area contributed by atoms with Gasteiger partial charge in [0.05, 0.1) is 0 Å². The third-order valence-corrected chi connectivity index (χ3v) is 0. The second kappa shape index (κ2) is 572. The van der Waals surface area contributed by atoms with Gasteiger partial charge >= 0.3 is 39.9 Å². The van der Waals surface area contributed by atoms with Crippen LogP contribution in [0, 0.1) is 39.9 Å². The molecule has 0 aromatic rings. The van der Waals surface area contributed by atoms with E-state index < -0.39 is 0 Å². The van der Waals surface area contributed by atoms with Gasteiger partial charge in [0.25, 0.3) is 0 Å². The van der Waals surface area contributed by atoms with Gasteiger partial charge in [0, 0.05) is 0 Å². The van der Waals surface area contributed by atoms with Crippen LogP contribution in [-0.2, 0) is 0 Å². The number of rotatable bonds is 0. The molecular weight excluding hydrogens is 360 g/mol. The summed E-state index contributed by atoms with van der Waals surface area (Å²) in [5, 5.41) is 0. The fourth-order valence-electron chi connectivity index (χ4n) is 0. The zero-order valence-electron chi connectivity index (χ0n) is 4.50. The minimum atomic E-state index is 0. The molecule has 0 spiro atoms. The van der Waals surface area contributed by atoms with E-state index in [-0.39, 0.29) is 83.7 Å². The number of hydrogen-bond donors (Lipinski definition) is 0. The van der Waals surface area contributed by atoms with E-state index >= 15 is 0 Å². The van der Waals surface area contributed by atoms with E-state index in [4.69, 9.17) is 0 Å². The molecule has 0 unspecified atom stereocenters. The van der Waals surface area contributed by atoms with Crippen LogP contribution in [0.15, 0.2) is 0 Å². The largest absolute Gasteiger partial charge is 4.00 e. The maximum atomic E-state index is 0. The fourth-order valence-corrected chi connectivity index (χ4v) is 0. The first-order valence-electron chi connectivity index (χ1n) is 0. The van der Waals surface area contributed by atoms with Gasteiger partial charge in [-0.2, -0.15) is 0 Å². The third kappa shape index (κ3) is 438. The second-order valence-electron chi connectivity index (χ2n) is 0. The monoisotopic (exact) mass is 376 g/mol. The Morgan fingerprint density at radius 1 is 0.222 bits per heavy atom. The molecule has 0 aliphatic heterocycles. The van der Waals surface area contributed by atoms with E-state index in [0.29, 0.717) is 0 Å². The maximum absolute atomic E-state index is 0. The topological polar surface area (TPSA) is 252 Å². The molecule has 0 heterocycles. The molecule has 64 valence electrons. The van der Waals surface area contributed by atoms with Crippen molar-refractivity contribution in [1.82, 2.24) is 0 Å². The Bertz CT molecular complexity index is 4.53. The average Bonchev–Trinajstić information content (AvgIpc) is 0. The Balaban J connectivity index is 0. The normalized spacial score (nSPS) is 0. The molecule has 16 N–H and O–H groups in total. The molecule has 0 saturated heterocycles. The first-order valence-corrected chi connectivity index (χ1v) is 0. The second-order valence-corrected chi connectivity index (χ2v) is 0. The van der Waals surface area contributed by atoms with Gasteiger partial charge in [0.1, 0.15) is 0 Å². The molecule has 0 bridgehead atoms. The quantitative estimate of drug-likeness (QED) is 0.382. The first-order chi connectivity index (χ1) is 0. The van der Waals surface area contributed by atoms with Gasteiger partial charge in [0.15, 0.2) is 0 Å². The van der Waals surface area contributed by atoms with Crippen molar-refractivity contribution >= 4 is 0 Å². The predicted octanol–water partition coefficient (Wildman–Crippen LogP) is -6.60. The van der Waals surface area contributed by atoms with Crippen molar-refractivity contribution in [2.75, 3.05) is 0 Å². The van der Waals surface area contributed by atoms with Crippen molar-refractivity contribution < 1.29 is 83.7 Å². The average molecular weight is 376 g/mol. The maximum Gasteiger partial charge on any atom is 4.00 e. The molecule has 0 aliphatic rings.